The van der Waals surface area contributed by atoms with Gasteiger partial charge in [0, 0.05) is 12.2 Å². The van der Waals surface area contributed by atoms with Crippen LogP contribution in [0.15, 0.2) is 30.3 Å². The van der Waals surface area contributed by atoms with Gasteiger partial charge >= 0.3 is 11.9 Å². The molecule has 0 amide bonds. The summed E-state index contributed by atoms with van der Waals surface area (Å²) in [6, 6.07) is 8.55. The number of carbonyl (C=O) groups is 2. The second-order valence-corrected chi connectivity index (χ2v) is 5.25. The maximum Gasteiger partial charge on any atom is 0.414 e. The molecule has 25 heavy (non-hydrogen) atoms. The number of rotatable bonds is 6. The van der Waals surface area contributed by atoms with Crippen molar-refractivity contribution in [3.05, 3.63) is 47.5 Å². The molecule has 7 nitrogen and oxygen atoms in total. The Hall–Kier alpha value is -2.90. The Bertz CT molecular complexity index is 703. The van der Waals surface area contributed by atoms with Crippen molar-refractivity contribution < 1.29 is 28.9 Å². The van der Waals surface area contributed by atoms with Crippen LogP contribution in [-0.4, -0.2) is 38.5 Å². The molecular formula is C17H21FN2O5. The first-order valence-electron chi connectivity index (χ1n) is 7.66. The summed E-state index contributed by atoms with van der Waals surface area (Å²) < 4.78 is 20.7. The Kier molecular flexibility index (Phi) is 8.11. The van der Waals surface area contributed by atoms with Gasteiger partial charge in [0.05, 0.1) is 12.3 Å². The summed E-state index contributed by atoms with van der Waals surface area (Å²) in [6.07, 6.45) is 1.85. The third-order valence-corrected chi connectivity index (χ3v) is 3.14. The van der Waals surface area contributed by atoms with Crippen LogP contribution in [0, 0.1) is 19.7 Å². The van der Waals surface area contributed by atoms with Gasteiger partial charge in [0.2, 0.25) is 0 Å². The number of aromatic nitrogens is 2. The highest BCUT2D eigenvalue weighted by Crippen LogP contribution is 2.15. The van der Waals surface area contributed by atoms with Crippen molar-refractivity contribution in [2.75, 3.05) is 6.61 Å². The van der Waals surface area contributed by atoms with Gasteiger partial charge in [0.25, 0.3) is 0 Å². The number of nitrogens with zero attached hydrogens (tertiary/aromatic N) is 2. The van der Waals surface area contributed by atoms with Gasteiger partial charge in [-0.1, -0.05) is 12.1 Å². The number of para-hydroxylation sites is 1. The van der Waals surface area contributed by atoms with E-state index in [-0.39, 0.29) is 5.82 Å². The number of aliphatic carboxylic acids is 2. The van der Waals surface area contributed by atoms with E-state index in [1.165, 1.54) is 11.8 Å². The number of carboxylic acids is 2. The topological polar surface area (TPSA) is 102 Å². The van der Waals surface area contributed by atoms with E-state index >= 15 is 0 Å². The van der Waals surface area contributed by atoms with E-state index in [4.69, 9.17) is 24.5 Å². The lowest BCUT2D eigenvalue weighted by atomic mass is 10.3. The van der Waals surface area contributed by atoms with Crippen molar-refractivity contribution in [3.8, 4) is 5.75 Å². The zero-order chi connectivity index (χ0) is 18.8. The molecule has 2 aromatic rings. The Morgan fingerprint density at radius 1 is 1.16 bits per heavy atom. The number of unbranched alkanes of at least 4 members (excludes halogenated alkanes) is 1. The minimum absolute atomic E-state index is 0.305. The van der Waals surface area contributed by atoms with Crippen LogP contribution in [0.3, 0.4) is 0 Å². The van der Waals surface area contributed by atoms with Gasteiger partial charge in [0.15, 0.2) is 11.6 Å². The molecule has 0 fully saturated rings. The van der Waals surface area contributed by atoms with Crippen LogP contribution in [0.25, 0.3) is 0 Å². The predicted octanol–water partition coefficient (Wildman–Crippen LogP) is 2.65. The van der Waals surface area contributed by atoms with Crippen LogP contribution in [0.4, 0.5) is 4.39 Å². The van der Waals surface area contributed by atoms with Crippen molar-refractivity contribution in [2.24, 2.45) is 0 Å². The molecule has 1 aromatic carbocycles. The van der Waals surface area contributed by atoms with E-state index < -0.39 is 11.9 Å². The molecule has 0 aliphatic carbocycles. The molecule has 0 atom stereocenters. The molecule has 0 saturated carbocycles. The normalized spacial score (nSPS) is 9.88. The lowest BCUT2D eigenvalue weighted by Gasteiger charge is -2.07. The number of hydrogen-bond acceptors (Lipinski definition) is 4. The van der Waals surface area contributed by atoms with Gasteiger partial charge < -0.3 is 14.9 Å². The highest BCUT2D eigenvalue weighted by atomic mass is 19.1. The third kappa shape index (κ3) is 7.47. The standard InChI is InChI=1S/C15H19FN2O.C2H2O4/c1-12-11-13(2)18(17-12)9-5-6-10-19-15-8-4-3-7-14(15)16;3-1(4)2(5)6/h3-4,7-8,11H,5-6,9-10H2,1-2H3;(H,3,4)(H,5,6). The molecule has 0 unspecified atom stereocenters. The van der Waals surface area contributed by atoms with Gasteiger partial charge in [-0.05, 0) is 44.9 Å². The van der Waals surface area contributed by atoms with Gasteiger partial charge in [0.1, 0.15) is 0 Å². The largest absolute Gasteiger partial charge is 0.491 e. The van der Waals surface area contributed by atoms with E-state index in [2.05, 4.69) is 18.1 Å². The Labute approximate surface area is 144 Å². The maximum absolute atomic E-state index is 13.3. The van der Waals surface area contributed by atoms with Crippen LogP contribution < -0.4 is 4.74 Å². The number of hydrogen-bond donors (Lipinski definition) is 2. The molecule has 0 saturated heterocycles. The lowest BCUT2D eigenvalue weighted by Crippen LogP contribution is -2.09. The predicted molar refractivity (Wildman–Crippen MR) is 88.1 cm³/mol. The summed E-state index contributed by atoms with van der Waals surface area (Å²) in [5, 5.41) is 19.2. The molecule has 0 aliphatic rings. The zero-order valence-electron chi connectivity index (χ0n) is 14.1. The molecule has 2 N–H and O–H groups in total. The van der Waals surface area contributed by atoms with Crippen LogP contribution in [0.1, 0.15) is 24.2 Å². The smallest absolute Gasteiger partial charge is 0.414 e. The summed E-state index contributed by atoms with van der Waals surface area (Å²) in [5.74, 6) is -3.63. The molecule has 1 heterocycles. The van der Waals surface area contributed by atoms with Crippen molar-refractivity contribution in [2.45, 2.75) is 33.2 Å². The molecule has 8 heteroatoms. The number of ether oxygens (including phenoxy) is 1. The summed E-state index contributed by atoms with van der Waals surface area (Å²) in [6.45, 7) is 5.45. The van der Waals surface area contributed by atoms with Crippen LogP contribution in [0.5, 0.6) is 5.75 Å². The summed E-state index contributed by atoms with van der Waals surface area (Å²) >= 11 is 0. The van der Waals surface area contributed by atoms with Crippen molar-refractivity contribution in [3.63, 3.8) is 0 Å². The lowest BCUT2D eigenvalue weighted by molar-refractivity contribution is -0.159. The molecule has 0 aliphatic heterocycles. The molecule has 0 radical (unpaired) electrons. The monoisotopic (exact) mass is 352 g/mol. The second kappa shape index (κ2) is 10.1. The van der Waals surface area contributed by atoms with E-state index in [9.17, 15) is 4.39 Å². The van der Waals surface area contributed by atoms with E-state index in [1.54, 1.807) is 18.2 Å². The number of carboxylic acid groups (broad SMARTS) is 2. The highest BCUT2D eigenvalue weighted by molar-refractivity contribution is 6.27. The van der Waals surface area contributed by atoms with E-state index in [0.29, 0.717) is 12.4 Å². The van der Waals surface area contributed by atoms with Crippen LogP contribution in [-0.2, 0) is 16.1 Å². The van der Waals surface area contributed by atoms with Crippen LogP contribution in [0.2, 0.25) is 0 Å². The first-order chi connectivity index (χ1) is 11.8. The average molecular weight is 352 g/mol. The molecule has 136 valence electrons. The first kappa shape index (κ1) is 20.1. The number of halogens is 1. The average Bonchev–Trinajstić information content (AvgIpc) is 2.87. The molecule has 2 rings (SSSR count). The Morgan fingerprint density at radius 2 is 1.80 bits per heavy atom. The minimum Gasteiger partial charge on any atom is -0.491 e. The summed E-state index contributed by atoms with van der Waals surface area (Å²) in [4.78, 5) is 18.2. The molecule has 1 aromatic heterocycles. The van der Waals surface area contributed by atoms with Gasteiger partial charge in [-0.25, -0.2) is 14.0 Å². The quantitative estimate of drug-likeness (QED) is 0.612. The Morgan fingerprint density at radius 3 is 2.32 bits per heavy atom. The molecular weight excluding hydrogens is 331 g/mol. The fourth-order valence-electron chi connectivity index (χ4n) is 2.01. The molecule has 0 bridgehead atoms. The second-order valence-electron chi connectivity index (χ2n) is 5.25. The highest BCUT2D eigenvalue weighted by Gasteiger charge is 2.04. The number of benzene rings is 1. The summed E-state index contributed by atoms with van der Waals surface area (Å²) in [7, 11) is 0. The maximum atomic E-state index is 13.3. The van der Waals surface area contributed by atoms with Gasteiger partial charge in [-0.3, -0.25) is 4.68 Å². The third-order valence-electron chi connectivity index (χ3n) is 3.14. The van der Waals surface area contributed by atoms with E-state index in [1.807, 2.05) is 11.6 Å². The minimum atomic E-state index is -1.82. The fraction of sp³-hybridized carbons (Fsp3) is 0.353. The van der Waals surface area contributed by atoms with Gasteiger partial charge in [-0.15, -0.1) is 0 Å². The molecule has 0 spiro atoms. The van der Waals surface area contributed by atoms with Gasteiger partial charge in [-0.2, -0.15) is 5.10 Å². The van der Waals surface area contributed by atoms with E-state index in [0.717, 1.165) is 25.1 Å². The fourth-order valence-corrected chi connectivity index (χ4v) is 2.01. The van der Waals surface area contributed by atoms with Crippen LogP contribution >= 0.6 is 0 Å². The summed E-state index contributed by atoms with van der Waals surface area (Å²) in [5.41, 5.74) is 2.22. The SMILES string of the molecule is Cc1cc(C)n(CCCCOc2ccccc2F)n1.O=C(O)C(=O)O. The zero-order valence-corrected chi connectivity index (χ0v) is 14.1. The number of aryl methyl sites for hydroxylation is 3. The first-order valence-corrected chi connectivity index (χ1v) is 7.66. The van der Waals surface area contributed by atoms with Crippen molar-refractivity contribution >= 4 is 11.9 Å². The Balaban J connectivity index is 0.000000450. The van der Waals surface area contributed by atoms with Crippen molar-refractivity contribution in [1.82, 2.24) is 9.78 Å². The van der Waals surface area contributed by atoms with Crippen molar-refractivity contribution in [1.29, 1.82) is 0 Å².